The number of aliphatic hydroxyl groups excluding tert-OH is 1. The van der Waals surface area contributed by atoms with E-state index in [1.54, 1.807) is 19.2 Å². The fourth-order valence-corrected chi connectivity index (χ4v) is 1.45. The smallest absolute Gasteiger partial charge is 0.252 e. The lowest BCUT2D eigenvalue weighted by molar-refractivity contribution is -0.138. The standard InChI is InChI=1S/C12H17FN2O2/c1-15(12(17)11(16)8-14)6-5-9-3-2-4-10(13)7-9/h2-4,7,11,16H,5-6,8,14H2,1H3. The van der Waals surface area contributed by atoms with Crippen molar-refractivity contribution < 1.29 is 14.3 Å². The van der Waals surface area contributed by atoms with Gasteiger partial charge in [-0.3, -0.25) is 4.79 Å². The Morgan fingerprint density at radius 2 is 2.29 bits per heavy atom. The molecule has 1 unspecified atom stereocenters. The summed E-state index contributed by atoms with van der Waals surface area (Å²) in [6, 6.07) is 6.22. The SMILES string of the molecule is CN(CCc1cccc(F)c1)C(=O)C(O)CN. The number of nitrogens with zero attached hydrogens (tertiary/aromatic N) is 1. The zero-order chi connectivity index (χ0) is 12.8. The Balaban J connectivity index is 2.48. The van der Waals surface area contributed by atoms with Crippen LogP contribution in [0.3, 0.4) is 0 Å². The van der Waals surface area contributed by atoms with Crippen molar-refractivity contribution in [3.05, 3.63) is 35.6 Å². The van der Waals surface area contributed by atoms with Gasteiger partial charge < -0.3 is 15.7 Å². The number of carbonyl (C=O) groups is 1. The van der Waals surface area contributed by atoms with Crippen LogP contribution in [0.25, 0.3) is 0 Å². The molecule has 0 spiro atoms. The van der Waals surface area contributed by atoms with E-state index in [9.17, 15) is 14.3 Å². The zero-order valence-corrected chi connectivity index (χ0v) is 9.77. The Kier molecular flexibility index (Phi) is 5.06. The van der Waals surface area contributed by atoms with Crippen LogP contribution in [0.4, 0.5) is 4.39 Å². The summed E-state index contributed by atoms with van der Waals surface area (Å²) in [5.41, 5.74) is 6.00. The van der Waals surface area contributed by atoms with Crippen LogP contribution < -0.4 is 5.73 Å². The Labute approximate surface area is 99.8 Å². The average Bonchev–Trinajstić information content (AvgIpc) is 2.34. The third-order valence-electron chi connectivity index (χ3n) is 2.51. The van der Waals surface area contributed by atoms with Crippen LogP contribution in [0.15, 0.2) is 24.3 Å². The molecule has 4 nitrogen and oxygen atoms in total. The average molecular weight is 240 g/mol. The minimum Gasteiger partial charge on any atom is -0.382 e. The van der Waals surface area contributed by atoms with Crippen molar-refractivity contribution >= 4 is 5.91 Å². The highest BCUT2D eigenvalue weighted by atomic mass is 19.1. The summed E-state index contributed by atoms with van der Waals surface area (Å²) in [6.45, 7) is 0.322. The third-order valence-corrected chi connectivity index (χ3v) is 2.51. The Morgan fingerprint density at radius 3 is 2.88 bits per heavy atom. The van der Waals surface area contributed by atoms with E-state index in [0.29, 0.717) is 13.0 Å². The molecule has 0 aliphatic carbocycles. The maximum Gasteiger partial charge on any atom is 0.252 e. The molecule has 0 aliphatic heterocycles. The molecule has 5 heteroatoms. The highest BCUT2D eigenvalue weighted by Crippen LogP contribution is 2.05. The van der Waals surface area contributed by atoms with Gasteiger partial charge in [-0.2, -0.15) is 0 Å². The number of carbonyl (C=O) groups excluding carboxylic acids is 1. The van der Waals surface area contributed by atoms with Gasteiger partial charge in [0.1, 0.15) is 11.9 Å². The first-order chi connectivity index (χ1) is 8.04. The molecule has 1 atom stereocenters. The maximum absolute atomic E-state index is 12.9. The number of aliphatic hydroxyl groups is 1. The van der Waals surface area contributed by atoms with Gasteiger partial charge in [-0.1, -0.05) is 12.1 Å². The zero-order valence-electron chi connectivity index (χ0n) is 9.77. The van der Waals surface area contributed by atoms with E-state index >= 15 is 0 Å². The van der Waals surface area contributed by atoms with Crippen molar-refractivity contribution in [3.8, 4) is 0 Å². The number of hydrogen-bond acceptors (Lipinski definition) is 3. The number of rotatable bonds is 5. The van der Waals surface area contributed by atoms with Crippen LogP contribution in [-0.2, 0) is 11.2 Å². The quantitative estimate of drug-likeness (QED) is 0.769. The predicted molar refractivity (Wildman–Crippen MR) is 62.8 cm³/mol. The number of benzene rings is 1. The summed E-state index contributed by atoms with van der Waals surface area (Å²) in [5.74, 6) is -0.706. The summed E-state index contributed by atoms with van der Waals surface area (Å²) >= 11 is 0. The first-order valence-electron chi connectivity index (χ1n) is 5.42. The van der Waals surface area contributed by atoms with Gasteiger partial charge in [0, 0.05) is 20.1 Å². The van der Waals surface area contributed by atoms with E-state index in [2.05, 4.69) is 0 Å². The molecule has 3 N–H and O–H groups in total. The van der Waals surface area contributed by atoms with Crippen LogP contribution in [0.5, 0.6) is 0 Å². The number of nitrogens with two attached hydrogens (primary N) is 1. The highest BCUT2D eigenvalue weighted by Gasteiger charge is 2.17. The Bertz CT molecular complexity index is 385. The van der Waals surface area contributed by atoms with Crippen molar-refractivity contribution in [1.29, 1.82) is 0 Å². The minimum atomic E-state index is -1.16. The second-order valence-corrected chi connectivity index (χ2v) is 3.89. The summed E-state index contributed by atoms with van der Waals surface area (Å²) in [4.78, 5) is 12.9. The van der Waals surface area contributed by atoms with E-state index < -0.39 is 12.0 Å². The van der Waals surface area contributed by atoms with Gasteiger partial charge in [0.15, 0.2) is 0 Å². The number of amides is 1. The van der Waals surface area contributed by atoms with Crippen molar-refractivity contribution in [1.82, 2.24) is 4.90 Å². The summed E-state index contributed by atoms with van der Waals surface area (Å²) in [7, 11) is 1.58. The fourth-order valence-electron chi connectivity index (χ4n) is 1.45. The van der Waals surface area contributed by atoms with E-state index in [4.69, 9.17) is 5.73 Å². The minimum absolute atomic E-state index is 0.0941. The molecule has 1 amide bonds. The Hall–Kier alpha value is -1.46. The molecule has 0 aliphatic rings. The van der Waals surface area contributed by atoms with Gasteiger partial charge in [0.2, 0.25) is 0 Å². The molecular weight excluding hydrogens is 223 g/mol. The molecular formula is C12H17FN2O2. The van der Waals surface area contributed by atoms with Crippen molar-refractivity contribution in [3.63, 3.8) is 0 Å². The number of hydrogen-bond donors (Lipinski definition) is 2. The van der Waals surface area contributed by atoms with Crippen molar-refractivity contribution in [2.24, 2.45) is 5.73 Å². The van der Waals surface area contributed by atoms with Gasteiger partial charge >= 0.3 is 0 Å². The van der Waals surface area contributed by atoms with Crippen LogP contribution in [-0.4, -0.2) is 42.2 Å². The van der Waals surface area contributed by atoms with Gasteiger partial charge in [0.25, 0.3) is 5.91 Å². The van der Waals surface area contributed by atoms with Gasteiger partial charge in [0.05, 0.1) is 0 Å². The highest BCUT2D eigenvalue weighted by molar-refractivity contribution is 5.80. The predicted octanol–water partition coefficient (Wildman–Crippen LogP) is 0.146. The number of likely N-dealkylation sites (N-methyl/N-ethyl adjacent to an activating group) is 1. The molecule has 0 radical (unpaired) electrons. The molecule has 17 heavy (non-hydrogen) atoms. The van der Waals surface area contributed by atoms with Crippen LogP contribution in [0.2, 0.25) is 0 Å². The summed E-state index contributed by atoms with van der Waals surface area (Å²) in [6.07, 6.45) is -0.621. The molecule has 0 saturated heterocycles. The lowest BCUT2D eigenvalue weighted by atomic mass is 10.1. The van der Waals surface area contributed by atoms with Gasteiger partial charge in [-0.25, -0.2) is 4.39 Å². The topological polar surface area (TPSA) is 66.6 Å². The van der Waals surface area contributed by atoms with Crippen molar-refractivity contribution in [2.75, 3.05) is 20.1 Å². The lowest BCUT2D eigenvalue weighted by Crippen LogP contribution is -2.41. The fraction of sp³-hybridized carbons (Fsp3) is 0.417. The van der Waals surface area contributed by atoms with E-state index in [-0.39, 0.29) is 12.4 Å². The second kappa shape index (κ2) is 6.32. The molecule has 0 bridgehead atoms. The van der Waals surface area contributed by atoms with Gasteiger partial charge in [-0.15, -0.1) is 0 Å². The molecule has 0 aromatic heterocycles. The second-order valence-electron chi connectivity index (χ2n) is 3.89. The van der Waals surface area contributed by atoms with E-state index in [1.165, 1.54) is 17.0 Å². The molecule has 1 aromatic carbocycles. The molecule has 0 fully saturated rings. The van der Waals surface area contributed by atoms with E-state index in [0.717, 1.165) is 5.56 Å². The Morgan fingerprint density at radius 1 is 1.59 bits per heavy atom. The molecule has 94 valence electrons. The molecule has 0 saturated carbocycles. The van der Waals surface area contributed by atoms with Gasteiger partial charge in [-0.05, 0) is 24.1 Å². The normalized spacial score (nSPS) is 12.2. The first-order valence-corrected chi connectivity index (χ1v) is 5.42. The van der Waals surface area contributed by atoms with Crippen LogP contribution in [0, 0.1) is 5.82 Å². The van der Waals surface area contributed by atoms with Crippen molar-refractivity contribution in [2.45, 2.75) is 12.5 Å². The first kappa shape index (κ1) is 13.6. The van der Waals surface area contributed by atoms with E-state index in [1.807, 2.05) is 0 Å². The number of halogens is 1. The summed E-state index contributed by atoms with van der Waals surface area (Å²) in [5, 5.41) is 9.26. The maximum atomic E-state index is 12.9. The van der Waals surface area contributed by atoms with Crippen LogP contribution >= 0.6 is 0 Å². The largest absolute Gasteiger partial charge is 0.382 e. The molecule has 1 rings (SSSR count). The summed E-state index contributed by atoms with van der Waals surface area (Å²) < 4.78 is 12.9. The molecule has 1 aromatic rings. The lowest BCUT2D eigenvalue weighted by Gasteiger charge is -2.19. The molecule has 0 heterocycles. The van der Waals surface area contributed by atoms with Crippen LogP contribution in [0.1, 0.15) is 5.56 Å². The monoisotopic (exact) mass is 240 g/mol. The third kappa shape index (κ3) is 4.13.